The van der Waals surface area contributed by atoms with Crippen LogP contribution in [-0.2, 0) is 9.53 Å². The van der Waals surface area contributed by atoms with Gasteiger partial charge in [0.05, 0.1) is 13.7 Å². The summed E-state index contributed by atoms with van der Waals surface area (Å²) in [6, 6.07) is 0. The number of carbonyl (C=O) groups excluding carboxylic acids is 1. The van der Waals surface area contributed by atoms with Crippen molar-refractivity contribution >= 4 is 5.78 Å². The molecule has 0 bridgehead atoms. The highest BCUT2D eigenvalue weighted by Gasteiger charge is 2.32. The van der Waals surface area contributed by atoms with Crippen molar-refractivity contribution in [2.45, 2.75) is 6.92 Å². The Morgan fingerprint density at radius 1 is 1.73 bits per heavy atom. The number of carbonyl (C=O) groups is 1. The van der Waals surface area contributed by atoms with E-state index in [1.54, 1.807) is 6.92 Å². The van der Waals surface area contributed by atoms with Crippen LogP contribution in [0.3, 0.4) is 0 Å². The van der Waals surface area contributed by atoms with Gasteiger partial charge in [-0.25, -0.2) is 0 Å². The lowest BCUT2D eigenvalue weighted by molar-refractivity contribution is -0.118. The van der Waals surface area contributed by atoms with Crippen LogP contribution in [-0.4, -0.2) is 24.6 Å². The zero-order chi connectivity index (χ0) is 8.43. The SMILES string of the molecule is COC1=CC(=O)C(C)C1CO. The van der Waals surface area contributed by atoms with E-state index >= 15 is 0 Å². The Kier molecular flexibility index (Phi) is 2.29. The maximum atomic E-state index is 11.0. The molecule has 0 aromatic carbocycles. The van der Waals surface area contributed by atoms with Crippen molar-refractivity contribution < 1.29 is 14.6 Å². The Balaban J connectivity index is 2.78. The van der Waals surface area contributed by atoms with E-state index in [4.69, 9.17) is 9.84 Å². The molecule has 0 fully saturated rings. The topological polar surface area (TPSA) is 46.5 Å². The second kappa shape index (κ2) is 3.05. The van der Waals surface area contributed by atoms with E-state index in [-0.39, 0.29) is 24.2 Å². The molecule has 0 saturated carbocycles. The summed E-state index contributed by atoms with van der Waals surface area (Å²) in [5, 5.41) is 8.88. The lowest BCUT2D eigenvalue weighted by Gasteiger charge is -2.13. The standard InChI is InChI=1S/C8H12O3/c1-5-6(4-9)8(11-2)3-7(5)10/h3,5-6,9H,4H2,1-2H3. The second-order valence-electron chi connectivity index (χ2n) is 2.73. The van der Waals surface area contributed by atoms with E-state index in [2.05, 4.69) is 0 Å². The van der Waals surface area contributed by atoms with Crippen LogP contribution >= 0.6 is 0 Å². The summed E-state index contributed by atoms with van der Waals surface area (Å²) in [4.78, 5) is 11.0. The van der Waals surface area contributed by atoms with Gasteiger partial charge in [-0.3, -0.25) is 4.79 Å². The Labute approximate surface area is 65.7 Å². The summed E-state index contributed by atoms with van der Waals surface area (Å²) in [7, 11) is 1.51. The molecular weight excluding hydrogens is 144 g/mol. The van der Waals surface area contributed by atoms with Gasteiger partial charge >= 0.3 is 0 Å². The number of rotatable bonds is 2. The molecule has 1 N–H and O–H groups in total. The molecule has 1 rings (SSSR count). The molecule has 2 atom stereocenters. The van der Waals surface area contributed by atoms with Crippen molar-refractivity contribution in [3.8, 4) is 0 Å². The summed E-state index contributed by atoms with van der Waals surface area (Å²) in [6.45, 7) is 1.78. The lowest BCUT2D eigenvalue weighted by atomic mass is 9.97. The molecule has 0 aromatic heterocycles. The van der Waals surface area contributed by atoms with E-state index in [9.17, 15) is 4.79 Å². The molecule has 3 heteroatoms. The molecule has 0 spiro atoms. The summed E-state index contributed by atoms with van der Waals surface area (Å²) in [5.74, 6) is 0.383. The largest absolute Gasteiger partial charge is 0.501 e. The van der Waals surface area contributed by atoms with Crippen LogP contribution in [0.15, 0.2) is 11.8 Å². The maximum absolute atomic E-state index is 11.0. The van der Waals surface area contributed by atoms with Crippen LogP contribution in [0.5, 0.6) is 0 Å². The van der Waals surface area contributed by atoms with Gasteiger partial charge in [-0.1, -0.05) is 6.92 Å². The molecular formula is C8H12O3. The van der Waals surface area contributed by atoms with Crippen molar-refractivity contribution in [2.75, 3.05) is 13.7 Å². The van der Waals surface area contributed by atoms with Gasteiger partial charge in [-0.15, -0.1) is 0 Å². The normalized spacial score (nSPS) is 30.5. The van der Waals surface area contributed by atoms with Gasteiger partial charge in [0.25, 0.3) is 0 Å². The highest BCUT2D eigenvalue weighted by Crippen LogP contribution is 2.28. The highest BCUT2D eigenvalue weighted by molar-refractivity contribution is 5.95. The molecule has 2 unspecified atom stereocenters. The van der Waals surface area contributed by atoms with Gasteiger partial charge in [0.1, 0.15) is 5.76 Å². The first-order valence-electron chi connectivity index (χ1n) is 3.61. The molecule has 1 aliphatic rings. The quantitative estimate of drug-likeness (QED) is 0.627. The number of hydrogen-bond donors (Lipinski definition) is 1. The van der Waals surface area contributed by atoms with Crippen LogP contribution in [0.2, 0.25) is 0 Å². The van der Waals surface area contributed by atoms with Crippen LogP contribution in [0.25, 0.3) is 0 Å². The van der Waals surface area contributed by atoms with Gasteiger partial charge in [0, 0.05) is 17.9 Å². The van der Waals surface area contributed by atoms with Crippen molar-refractivity contribution in [1.29, 1.82) is 0 Å². The van der Waals surface area contributed by atoms with E-state index < -0.39 is 0 Å². The van der Waals surface area contributed by atoms with Crippen molar-refractivity contribution in [1.82, 2.24) is 0 Å². The van der Waals surface area contributed by atoms with Gasteiger partial charge in [-0.2, -0.15) is 0 Å². The number of methoxy groups -OCH3 is 1. The Morgan fingerprint density at radius 3 is 2.73 bits per heavy atom. The van der Waals surface area contributed by atoms with Gasteiger partial charge < -0.3 is 9.84 Å². The maximum Gasteiger partial charge on any atom is 0.162 e. The minimum atomic E-state index is -0.132. The zero-order valence-corrected chi connectivity index (χ0v) is 6.70. The molecule has 0 amide bonds. The van der Waals surface area contributed by atoms with E-state index in [0.717, 1.165) is 0 Å². The lowest BCUT2D eigenvalue weighted by Crippen LogP contribution is -2.17. The summed E-state index contributed by atoms with van der Waals surface area (Å²) in [5.41, 5.74) is 0. The molecule has 0 heterocycles. The zero-order valence-electron chi connectivity index (χ0n) is 6.70. The molecule has 0 aliphatic heterocycles. The average molecular weight is 156 g/mol. The van der Waals surface area contributed by atoms with Crippen molar-refractivity contribution in [3.63, 3.8) is 0 Å². The summed E-state index contributed by atoms with van der Waals surface area (Å²) in [6.07, 6.45) is 1.46. The fraction of sp³-hybridized carbons (Fsp3) is 0.625. The van der Waals surface area contributed by atoms with Gasteiger partial charge in [-0.05, 0) is 0 Å². The molecule has 0 saturated heterocycles. The fourth-order valence-corrected chi connectivity index (χ4v) is 1.28. The third kappa shape index (κ3) is 1.28. The first-order chi connectivity index (χ1) is 5.20. The predicted molar refractivity (Wildman–Crippen MR) is 39.8 cm³/mol. The monoisotopic (exact) mass is 156 g/mol. The Morgan fingerprint density at radius 2 is 2.36 bits per heavy atom. The van der Waals surface area contributed by atoms with Crippen LogP contribution in [0, 0.1) is 11.8 Å². The number of hydrogen-bond acceptors (Lipinski definition) is 3. The number of ketones is 1. The molecule has 62 valence electrons. The fourth-order valence-electron chi connectivity index (χ4n) is 1.28. The minimum Gasteiger partial charge on any atom is -0.501 e. The third-order valence-electron chi connectivity index (χ3n) is 2.13. The summed E-state index contributed by atoms with van der Waals surface area (Å²) < 4.78 is 4.94. The van der Waals surface area contributed by atoms with Gasteiger partial charge in [0.2, 0.25) is 0 Å². The first-order valence-corrected chi connectivity index (χ1v) is 3.61. The number of allylic oxidation sites excluding steroid dienone is 1. The molecule has 11 heavy (non-hydrogen) atoms. The van der Waals surface area contributed by atoms with Crippen molar-refractivity contribution in [3.05, 3.63) is 11.8 Å². The van der Waals surface area contributed by atoms with Gasteiger partial charge in [0.15, 0.2) is 5.78 Å². The van der Waals surface area contributed by atoms with E-state index in [0.29, 0.717) is 5.76 Å². The molecule has 3 nitrogen and oxygen atoms in total. The number of aliphatic hydroxyl groups excluding tert-OH is 1. The number of aliphatic hydroxyl groups is 1. The smallest absolute Gasteiger partial charge is 0.162 e. The van der Waals surface area contributed by atoms with Crippen LogP contribution in [0.1, 0.15) is 6.92 Å². The Hall–Kier alpha value is -0.830. The third-order valence-corrected chi connectivity index (χ3v) is 2.13. The predicted octanol–water partition coefficient (Wildman–Crippen LogP) is 0.344. The Bertz CT molecular complexity index is 196. The van der Waals surface area contributed by atoms with Crippen molar-refractivity contribution in [2.24, 2.45) is 11.8 Å². The summed E-state index contributed by atoms with van der Waals surface area (Å²) >= 11 is 0. The highest BCUT2D eigenvalue weighted by atomic mass is 16.5. The molecule has 1 aliphatic carbocycles. The minimum absolute atomic E-state index is 0.0212. The second-order valence-corrected chi connectivity index (χ2v) is 2.73. The van der Waals surface area contributed by atoms with Crippen LogP contribution in [0.4, 0.5) is 0 Å². The first kappa shape index (κ1) is 8.27. The molecule has 0 radical (unpaired) electrons. The van der Waals surface area contributed by atoms with E-state index in [1.807, 2.05) is 0 Å². The molecule has 0 aromatic rings. The van der Waals surface area contributed by atoms with E-state index in [1.165, 1.54) is 13.2 Å². The van der Waals surface area contributed by atoms with Crippen LogP contribution < -0.4 is 0 Å². The average Bonchev–Trinajstić information content (AvgIpc) is 2.28. The number of ether oxygens (including phenoxy) is 1.